The lowest BCUT2D eigenvalue weighted by Gasteiger charge is -2.04. The van der Waals surface area contributed by atoms with Gasteiger partial charge in [0, 0.05) is 23.5 Å². The molecule has 0 radical (unpaired) electrons. The Hall–Kier alpha value is -1.15. The molecule has 6 nitrogen and oxygen atoms in total. The molecule has 0 saturated heterocycles. The molecule has 0 aliphatic heterocycles. The van der Waals surface area contributed by atoms with Crippen molar-refractivity contribution in [2.24, 2.45) is 0 Å². The largest absolute Gasteiger partial charge is 0.369 e. The molecule has 0 aromatic carbocycles. The molecule has 0 unspecified atom stereocenters. The van der Waals surface area contributed by atoms with Gasteiger partial charge in [-0.3, -0.25) is 4.57 Å². The first-order valence-electron chi connectivity index (χ1n) is 4.82. The maximum Gasteiger partial charge on any atom is 0.202 e. The number of imidazole rings is 1. The summed E-state index contributed by atoms with van der Waals surface area (Å²) in [6, 6.07) is 1.79. The SMILES string of the molecule is CS(=O)(=O)CCn1c(N)nc2cc(Br)cnc21. The van der Waals surface area contributed by atoms with Crippen LogP contribution in [0.2, 0.25) is 0 Å². The van der Waals surface area contributed by atoms with Crippen LogP contribution in [0, 0.1) is 0 Å². The topological polar surface area (TPSA) is 90.9 Å². The van der Waals surface area contributed by atoms with E-state index < -0.39 is 9.84 Å². The van der Waals surface area contributed by atoms with Crippen molar-refractivity contribution in [2.45, 2.75) is 6.54 Å². The van der Waals surface area contributed by atoms with Crippen molar-refractivity contribution in [3.8, 4) is 0 Å². The molecule has 0 bridgehead atoms. The molecule has 2 rings (SSSR count). The summed E-state index contributed by atoms with van der Waals surface area (Å²) in [6.45, 7) is 0.260. The molecule has 17 heavy (non-hydrogen) atoms. The number of nitrogen functional groups attached to an aromatic ring is 1. The quantitative estimate of drug-likeness (QED) is 0.904. The molecule has 0 aliphatic rings. The van der Waals surface area contributed by atoms with Crippen LogP contribution in [0.1, 0.15) is 0 Å². The smallest absolute Gasteiger partial charge is 0.202 e. The number of hydrogen-bond acceptors (Lipinski definition) is 5. The van der Waals surface area contributed by atoms with Gasteiger partial charge in [0.2, 0.25) is 5.95 Å². The third kappa shape index (κ3) is 2.75. The Morgan fingerprint density at radius 2 is 2.24 bits per heavy atom. The number of sulfone groups is 1. The number of fused-ring (bicyclic) bond motifs is 1. The van der Waals surface area contributed by atoms with Gasteiger partial charge in [0.25, 0.3) is 0 Å². The second-order valence-corrected chi connectivity index (χ2v) is 6.92. The summed E-state index contributed by atoms with van der Waals surface area (Å²) in [5.41, 5.74) is 6.97. The average molecular weight is 319 g/mol. The molecule has 0 atom stereocenters. The lowest BCUT2D eigenvalue weighted by molar-refractivity contribution is 0.596. The fraction of sp³-hybridized carbons (Fsp3) is 0.333. The van der Waals surface area contributed by atoms with Crippen molar-refractivity contribution in [2.75, 3.05) is 17.7 Å². The molecular weight excluding hydrogens is 308 g/mol. The summed E-state index contributed by atoms with van der Waals surface area (Å²) in [4.78, 5) is 8.31. The van der Waals surface area contributed by atoms with Gasteiger partial charge in [-0.2, -0.15) is 0 Å². The molecular formula is C9H11BrN4O2S. The second-order valence-electron chi connectivity index (χ2n) is 3.75. The monoisotopic (exact) mass is 318 g/mol. The van der Waals surface area contributed by atoms with Gasteiger partial charge < -0.3 is 5.73 Å². The lowest BCUT2D eigenvalue weighted by atomic mass is 10.4. The van der Waals surface area contributed by atoms with E-state index in [1.165, 1.54) is 6.26 Å². The number of aryl methyl sites for hydroxylation is 1. The Morgan fingerprint density at radius 1 is 1.53 bits per heavy atom. The maximum absolute atomic E-state index is 11.1. The van der Waals surface area contributed by atoms with E-state index in [0.717, 1.165) is 4.47 Å². The van der Waals surface area contributed by atoms with E-state index in [4.69, 9.17) is 5.73 Å². The Labute approximate surface area is 107 Å². The first-order valence-corrected chi connectivity index (χ1v) is 7.67. The minimum atomic E-state index is -3.03. The van der Waals surface area contributed by atoms with E-state index >= 15 is 0 Å². The van der Waals surface area contributed by atoms with E-state index in [1.54, 1.807) is 16.8 Å². The van der Waals surface area contributed by atoms with Crippen LogP contribution in [0.3, 0.4) is 0 Å². The highest BCUT2D eigenvalue weighted by Gasteiger charge is 2.11. The fourth-order valence-electron chi connectivity index (χ4n) is 1.48. The van der Waals surface area contributed by atoms with E-state index in [-0.39, 0.29) is 18.2 Å². The van der Waals surface area contributed by atoms with Gasteiger partial charge >= 0.3 is 0 Å². The van der Waals surface area contributed by atoms with Crippen molar-refractivity contribution >= 4 is 42.9 Å². The molecule has 2 N–H and O–H groups in total. The summed E-state index contributed by atoms with van der Waals surface area (Å²) in [6.07, 6.45) is 2.81. The summed E-state index contributed by atoms with van der Waals surface area (Å²) < 4.78 is 24.7. The van der Waals surface area contributed by atoms with Gasteiger partial charge in [0.15, 0.2) is 5.65 Å². The van der Waals surface area contributed by atoms with Crippen LogP contribution in [0.15, 0.2) is 16.7 Å². The van der Waals surface area contributed by atoms with Crippen molar-refractivity contribution in [1.82, 2.24) is 14.5 Å². The predicted octanol–water partition coefficient (Wildman–Crippen LogP) is 0.821. The number of hydrogen-bond donors (Lipinski definition) is 1. The molecule has 0 amide bonds. The van der Waals surface area contributed by atoms with E-state index in [0.29, 0.717) is 11.2 Å². The number of nitrogens with zero attached hydrogens (tertiary/aromatic N) is 3. The van der Waals surface area contributed by atoms with Gasteiger partial charge in [-0.25, -0.2) is 18.4 Å². The Kier molecular flexibility index (Phi) is 3.09. The Bertz CT molecular complexity index is 665. The zero-order valence-corrected chi connectivity index (χ0v) is 11.5. The van der Waals surface area contributed by atoms with Crippen molar-refractivity contribution < 1.29 is 8.42 Å². The lowest BCUT2D eigenvalue weighted by Crippen LogP contribution is -2.13. The zero-order valence-electron chi connectivity index (χ0n) is 9.09. The molecule has 0 aliphatic carbocycles. The summed E-state index contributed by atoms with van der Waals surface area (Å²) in [5.74, 6) is 0.287. The molecule has 0 fully saturated rings. The van der Waals surface area contributed by atoms with E-state index in [9.17, 15) is 8.42 Å². The van der Waals surface area contributed by atoms with E-state index in [1.807, 2.05) is 0 Å². The minimum Gasteiger partial charge on any atom is -0.369 e. The van der Waals surface area contributed by atoms with Crippen LogP contribution in [0.4, 0.5) is 5.95 Å². The molecule has 2 aromatic rings. The van der Waals surface area contributed by atoms with Crippen LogP contribution in [0.25, 0.3) is 11.2 Å². The van der Waals surface area contributed by atoms with Crippen LogP contribution in [0.5, 0.6) is 0 Å². The van der Waals surface area contributed by atoms with Crippen LogP contribution in [-0.4, -0.2) is 35.0 Å². The number of anilines is 1. The van der Waals surface area contributed by atoms with Crippen molar-refractivity contribution in [3.05, 3.63) is 16.7 Å². The first kappa shape index (κ1) is 12.3. The number of nitrogens with two attached hydrogens (primary N) is 1. The van der Waals surface area contributed by atoms with Crippen LogP contribution in [-0.2, 0) is 16.4 Å². The molecule has 2 aromatic heterocycles. The number of rotatable bonds is 3. The highest BCUT2D eigenvalue weighted by molar-refractivity contribution is 9.10. The summed E-state index contributed by atoms with van der Waals surface area (Å²) in [7, 11) is -3.03. The molecule has 92 valence electrons. The van der Waals surface area contributed by atoms with Crippen LogP contribution < -0.4 is 5.73 Å². The number of halogens is 1. The third-order valence-corrected chi connectivity index (χ3v) is 3.62. The van der Waals surface area contributed by atoms with Crippen LogP contribution >= 0.6 is 15.9 Å². The predicted molar refractivity (Wildman–Crippen MR) is 69.4 cm³/mol. The fourth-order valence-corrected chi connectivity index (χ4v) is 2.31. The second kappa shape index (κ2) is 4.26. The highest BCUT2D eigenvalue weighted by Crippen LogP contribution is 2.19. The van der Waals surface area contributed by atoms with Gasteiger partial charge in [0.1, 0.15) is 15.4 Å². The van der Waals surface area contributed by atoms with Gasteiger partial charge in [-0.05, 0) is 22.0 Å². The number of aromatic nitrogens is 3. The Balaban J connectivity index is 2.43. The highest BCUT2D eigenvalue weighted by atomic mass is 79.9. The first-order chi connectivity index (χ1) is 7.87. The van der Waals surface area contributed by atoms with Crippen molar-refractivity contribution in [1.29, 1.82) is 0 Å². The molecule has 8 heteroatoms. The zero-order chi connectivity index (χ0) is 12.6. The summed E-state index contributed by atoms with van der Waals surface area (Å²) in [5, 5.41) is 0. The standard InChI is InChI=1S/C9H11BrN4O2S/c1-17(15,16)3-2-14-8-7(13-9(14)11)4-6(10)5-12-8/h4-5H,2-3H2,1H3,(H2,11,13). The average Bonchev–Trinajstić information content (AvgIpc) is 2.48. The Morgan fingerprint density at radius 3 is 2.88 bits per heavy atom. The summed E-state index contributed by atoms with van der Waals surface area (Å²) >= 11 is 3.29. The van der Waals surface area contributed by atoms with Gasteiger partial charge in [0.05, 0.1) is 5.75 Å². The van der Waals surface area contributed by atoms with Gasteiger partial charge in [-0.15, -0.1) is 0 Å². The number of pyridine rings is 1. The normalized spacial score (nSPS) is 12.1. The maximum atomic E-state index is 11.1. The van der Waals surface area contributed by atoms with Gasteiger partial charge in [-0.1, -0.05) is 0 Å². The molecule has 0 spiro atoms. The van der Waals surface area contributed by atoms with Crippen molar-refractivity contribution in [3.63, 3.8) is 0 Å². The molecule has 2 heterocycles. The van der Waals surface area contributed by atoms with E-state index in [2.05, 4.69) is 25.9 Å². The molecule has 0 saturated carbocycles. The minimum absolute atomic E-state index is 0.0143. The third-order valence-electron chi connectivity index (χ3n) is 2.27.